The fourth-order valence-electron chi connectivity index (χ4n) is 1.71. The van der Waals surface area contributed by atoms with Crippen LogP contribution in [0.3, 0.4) is 0 Å². The normalized spacial score (nSPS) is 12.3. The van der Waals surface area contributed by atoms with Crippen molar-refractivity contribution >= 4 is 29.1 Å². The van der Waals surface area contributed by atoms with Gasteiger partial charge in [0, 0.05) is 16.8 Å². The van der Waals surface area contributed by atoms with Crippen molar-refractivity contribution < 1.29 is 9.59 Å². The summed E-state index contributed by atoms with van der Waals surface area (Å²) in [5, 5.41) is 6.20. The summed E-state index contributed by atoms with van der Waals surface area (Å²) >= 11 is 5.79. The molecular formula is C15H22ClN3O2. The summed E-state index contributed by atoms with van der Waals surface area (Å²) in [6.45, 7) is 5.73. The number of anilines is 1. The number of likely N-dealkylation sites (N-methyl/N-ethyl adjacent to an activating group) is 1. The molecule has 0 aliphatic carbocycles. The monoisotopic (exact) mass is 311 g/mol. The molecule has 1 aromatic carbocycles. The maximum atomic E-state index is 12.1. The second-order valence-corrected chi connectivity index (χ2v) is 5.75. The third-order valence-electron chi connectivity index (χ3n) is 3.00. The van der Waals surface area contributed by atoms with Gasteiger partial charge in [0.1, 0.15) is 0 Å². The Morgan fingerprint density at radius 2 is 1.76 bits per heavy atom. The number of rotatable bonds is 6. The van der Waals surface area contributed by atoms with E-state index in [4.69, 9.17) is 11.6 Å². The summed E-state index contributed by atoms with van der Waals surface area (Å²) in [7, 11) is 1.74. The van der Waals surface area contributed by atoms with Crippen LogP contribution in [0, 0.1) is 0 Å². The van der Waals surface area contributed by atoms with Gasteiger partial charge in [0.05, 0.1) is 12.6 Å². The highest BCUT2D eigenvalue weighted by atomic mass is 35.5. The predicted molar refractivity (Wildman–Crippen MR) is 85.5 cm³/mol. The quantitative estimate of drug-likeness (QED) is 0.846. The maximum absolute atomic E-state index is 12.1. The van der Waals surface area contributed by atoms with E-state index >= 15 is 0 Å². The van der Waals surface area contributed by atoms with Crippen molar-refractivity contribution in [3.8, 4) is 0 Å². The van der Waals surface area contributed by atoms with Gasteiger partial charge in [-0.2, -0.15) is 0 Å². The lowest BCUT2D eigenvalue weighted by molar-refractivity contribution is -0.125. The third kappa shape index (κ3) is 6.14. The predicted octanol–water partition coefficient (Wildman–Crippen LogP) is 2.12. The molecule has 0 bridgehead atoms. The Morgan fingerprint density at radius 3 is 2.29 bits per heavy atom. The van der Waals surface area contributed by atoms with Crippen molar-refractivity contribution in [3.63, 3.8) is 0 Å². The highest BCUT2D eigenvalue weighted by Crippen LogP contribution is 2.14. The van der Waals surface area contributed by atoms with E-state index < -0.39 is 6.04 Å². The Balaban J connectivity index is 2.53. The van der Waals surface area contributed by atoms with Crippen molar-refractivity contribution in [3.05, 3.63) is 29.3 Å². The fraction of sp³-hybridized carbons (Fsp3) is 0.467. The number of hydrogen-bond donors (Lipinski definition) is 2. The van der Waals surface area contributed by atoms with Crippen LogP contribution >= 0.6 is 11.6 Å². The minimum atomic E-state index is -0.418. The third-order valence-corrected chi connectivity index (χ3v) is 3.25. The second kappa shape index (κ2) is 8.00. The minimum Gasteiger partial charge on any atom is -0.353 e. The highest BCUT2D eigenvalue weighted by Gasteiger charge is 2.20. The standard InChI is InChI=1S/C15H22ClN3O2/c1-10(2)17-14(20)9-19(4)11(3)15(21)18-13-7-5-12(16)6-8-13/h5-8,10-11H,9H2,1-4H3,(H,17,20)(H,18,21)/t11-/m0/s1. The number of carbonyl (C=O) groups excluding carboxylic acids is 2. The first-order valence-corrected chi connectivity index (χ1v) is 7.23. The molecule has 1 rings (SSSR count). The lowest BCUT2D eigenvalue weighted by Gasteiger charge is -2.23. The van der Waals surface area contributed by atoms with Gasteiger partial charge in [-0.05, 0) is 52.1 Å². The van der Waals surface area contributed by atoms with E-state index in [1.807, 2.05) is 13.8 Å². The fourth-order valence-corrected chi connectivity index (χ4v) is 1.84. The van der Waals surface area contributed by atoms with Gasteiger partial charge in [-0.25, -0.2) is 0 Å². The molecule has 5 nitrogen and oxygen atoms in total. The number of hydrogen-bond acceptors (Lipinski definition) is 3. The molecule has 6 heteroatoms. The molecular weight excluding hydrogens is 290 g/mol. The Hall–Kier alpha value is -1.59. The summed E-state index contributed by atoms with van der Waals surface area (Å²) in [4.78, 5) is 25.5. The average molecular weight is 312 g/mol. The Kier molecular flexibility index (Phi) is 6.65. The molecule has 0 saturated heterocycles. The van der Waals surface area contributed by atoms with Gasteiger partial charge in [-0.3, -0.25) is 14.5 Å². The molecule has 2 amide bonds. The second-order valence-electron chi connectivity index (χ2n) is 5.31. The van der Waals surface area contributed by atoms with E-state index in [-0.39, 0.29) is 24.4 Å². The van der Waals surface area contributed by atoms with Gasteiger partial charge in [-0.1, -0.05) is 11.6 Å². The molecule has 2 N–H and O–H groups in total. The van der Waals surface area contributed by atoms with Gasteiger partial charge in [-0.15, -0.1) is 0 Å². The molecule has 0 heterocycles. The number of nitrogens with zero attached hydrogens (tertiary/aromatic N) is 1. The average Bonchev–Trinajstić information content (AvgIpc) is 2.39. The number of benzene rings is 1. The van der Waals surface area contributed by atoms with E-state index in [1.54, 1.807) is 43.1 Å². The van der Waals surface area contributed by atoms with Crippen molar-refractivity contribution in [2.75, 3.05) is 18.9 Å². The zero-order valence-electron chi connectivity index (χ0n) is 12.8. The van der Waals surface area contributed by atoms with Crippen molar-refractivity contribution in [2.24, 2.45) is 0 Å². The molecule has 0 radical (unpaired) electrons. The molecule has 0 fully saturated rings. The lowest BCUT2D eigenvalue weighted by Crippen LogP contribution is -2.45. The van der Waals surface area contributed by atoms with Crippen LogP contribution in [0.15, 0.2) is 24.3 Å². The molecule has 0 aliphatic rings. The van der Waals surface area contributed by atoms with Crippen molar-refractivity contribution in [1.82, 2.24) is 10.2 Å². The van der Waals surface area contributed by atoms with Gasteiger partial charge >= 0.3 is 0 Å². The first kappa shape index (κ1) is 17.5. The van der Waals surface area contributed by atoms with Crippen LogP contribution in [-0.4, -0.2) is 42.4 Å². The van der Waals surface area contributed by atoms with Gasteiger partial charge in [0.25, 0.3) is 0 Å². The highest BCUT2D eigenvalue weighted by molar-refractivity contribution is 6.30. The largest absolute Gasteiger partial charge is 0.353 e. The topological polar surface area (TPSA) is 61.4 Å². The van der Waals surface area contributed by atoms with Crippen molar-refractivity contribution in [1.29, 1.82) is 0 Å². The molecule has 0 spiro atoms. The number of nitrogens with one attached hydrogen (secondary N) is 2. The smallest absolute Gasteiger partial charge is 0.241 e. The first-order chi connectivity index (χ1) is 9.79. The van der Waals surface area contributed by atoms with Crippen LogP contribution in [0.5, 0.6) is 0 Å². The van der Waals surface area contributed by atoms with E-state index in [2.05, 4.69) is 10.6 Å². The summed E-state index contributed by atoms with van der Waals surface area (Å²) in [5.74, 6) is -0.268. The maximum Gasteiger partial charge on any atom is 0.241 e. The van der Waals surface area contributed by atoms with E-state index in [0.29, 0.717) is 10.7 Å². The number of halogens is 1. The Bertz CT molecular complexity index is 488. The van der Waals surface area contributed by atoms with Gasteiger partial charge < -0.3 is 10.6 Å². The SMILES string of the molecule is CC(C)NC(=O)CN(C)[C@@H](C)C(=O)Nc1ccc(Cl)cc1. The van der Waals surface area contributed by atoms with Crippen LogP contribution in [0.1, 0.15) is 20.8 Å². The van der Waals surface area contributed by atoms with Crippen LogP contribution in [0.2, 0.25) is 5.02 Å². The molecule has 116 valence electrons. The van der Waals surface area contributed by atoms with Crippen molar-refractivity contribution in [2.45, 2.75) is 32.9 Å². The molecule has 21 heavy (non-hydrogen) atoms. The molecule has 0 saturated carbocycles. The zero-order chi connectivity index (χ0) is 16.0. The summed E-state index contributed by atoms with van der Waals surface area (Å²) in [6.07, 6.45) is 0. The molecule has 1 aromatic rings. The van der Waals surface area contributed by atoms with E-state index in [0.717, 1.165) is 0 Å². The van der Waals surface area contributed by atoms with Gasteiger partial charge in [0.15, 0.2) is 0 Å². The van der Waals surface area contributed by atoms with Crippen LogP contribution in [0.4, 0.5) is 5.69 Å². The van der Waals surface area contributed by atoms with Crippen LogP contribution < -0.4 is 10.6 Å². The summed E-state index contributed by atoms with van der Waals surface area (Å²) < 4.78 is 0. The number of carbonyl (C=O) groups is 2. The van der Waals surface area contributed by atoms with E-state index in [9.17, 15) is 9.59 Å². The van der Waals surface area contributed by atoms with Crippen LogP contribution in [0.25, 0.3) is 0 Å². The molecule has 0 aliphatic heterocycles. The first-order valence-electron chi connectivity index (χ1n) is 6.85. The Labute approximate surface area is 130 Å². The van der Waals surface area contributed by atoms with Gasteiger partial charge in [0.2, 0.25) is 11.8 Å². The molecule has 0 unspecified atom stereocenters. The zero-order valence-corrected chi connectivity index (χ0v) is 13.6. The van der Waals surface area contributed by atoms with Crippen LogP contribution in [-0.2, 0) is 9.59 Å². The molecule has 1 atom stereocenters. The molecule has 0 aromatic heterocycles. The van der Waals surface area contributed by atoms with E-state index in [1.165, 1.54) is 0 Å². The summed E-state index contributed by atoms with van der Waals surface area (Å²) in [5.41, 5.74) is 0.677. The minimum absolute atomic E-state index is 0.0871. The summed E-state index contributed by atoms with van der Waals surface area (Å²) in [6, 6.07) is 6.56. The number of amides is 2. The lowest BCUT2D eigenvalue weighted by atomic mass is 10.2. The Morgan fingerprint density at radius 1 is 1.19 bits per heavy atom.